The van der Waals surface area contributed by atoms with E-state index in [1.54, 1.807) is 12.1 Å². The fraction of sp³-hybridized carbons (Fsp3) is 0.350. The second kappa shape index (κ2) is 7.57. The van der Waals surface area contributed by atoms with Crippen molar-refractivity contribution >= 4 is 32.7 Å². The van der Waals surface area contributed by atoms with Gasteiger partial charge >= 0.3 is 0 Å². The van der Waals surface area contributed by atoms with Crippen molar-refractivity contribution < 1.29 is 17.8 Å². The first-order chi connectivity index (χ1) is 13.9. The second-order valence-electron chi connectivity index (χ2n) is 7.37. The molecule has 152 valence electrons. The van der Waals surface area contributed by atoms with Crippen LogP contribution >= 0.6 is 0 Å². The number of carbonyl (C=O) groups is 1. The molecule has 1 aliphatic rings. The lowest BCUT2D eigenvalue weighted by atomic mass is 9.97. The van der Waals surface area contributed by atoms with E-state index in [-0.39, 0.29) is 35.3 Å². The molecule has 2 aromatic carbocycles. The Morgan fingerprint density at radius 2 is 1.90 bits per heavy atom. The van der Waals surface area contributed by atoms with E-state index in [0.29, 0.717) is 18.4 Å². The van der Waals surface area contributed by atoms with Crippen LogP contribution in [-0.4, -0.2) is 42.0 Å². The molecule has 1 aliphatic heterocycles. The van der Waals surface area contributed by atoms with Gasteiger partial charge in [0.1, 0.15) is 10.4 Å². The minimum Gasteiger partial charge on any atom is -0.326 e. The number of aromatic nitrogens is 2. The van der Waals surface area contributed by atoms with Gasteiger partial charge in [-0.05, 0) is 60.8 Å². The number of anilines is 1. The van der Waals surface area contributed by atoms with Gasteiger partial charge in [0.25, 0.3) is 0 Å². The van der Waals surface area contributed by atoms with Crippen LogP contribution in [-0.2, 0) is 14.8 Å². The van der Waals surface area contributed by atoms with Crippen LogP contribution in [0, 0.1) is 19.8 Å². The fourth-order valence-corrected chi connectivity index (χ4v) is 5.28. The number of rotatable bonds is 4. The van der Waals surface area contributed by atoms with Gasteiger partial charge in [0.15, 0.2) is 5.52 Å². The Morgan fingerprint density at radius 1 is 1.14 bits per heavy atom. The number of piperidine rings is 1. The number of amides is 1. The SMILES string of the molecule is Cc1ccc(NC(=O)C2CCN(S(=O)(=O)c3cccc4nonc34)CC2)c(C)c1. The molecule has 0 radical (unpaired) electrons. The average Bonchev–Trinajstić information content (AvgIpc) is 3.19. The molecule has 29 heavy (non-hydrogen) atoms. The summed E-state index contributed by atoms with van der Waals surface area (Å²) in [6.07, 6.45) is 0.923. The third-order valence-corrected chi connectivity index (χ3v) is 7.26. The van der Waals surface area contributed by atoms with Crippen LogP contribution in [0.25, 0.3) is 11.0 Å². The Labute approximate surface area is 168 Å². The number of aryl methyl sites for hydroxylation is 2. The van der Waals surface area contributed by atoms with E-state index in [2.05, 4.69) is 20.3 Å². The smallest absolute Gasteiger partial charge is 0.245 e. The predicted molar refractivity (Wildman–Crippen MR) is 108 cm³/mol. The monoisotopic (exact) mass is 414 g/mol. The lowest BCUT2D eigenvalue weighted by Gasteiger charge is -2.30. The highest BCUT2D eigenvalue weighted by atomic mass is 32.2. The summed E-state index contributed by atoms with van der Waals surface area (Å²) < 4.78 is 32.2. The first-order valence-electron chi connectivity index (χ1n) is 9.46. The molecule has 0 atom stereocenters. The molecule has 2 heterocycles. The maximum Gasteiger partial charge on any atom is 0.245 e. The van der Waals surface area contributed by atoms with E-state index in [0.717, 1.165) is 16.8 Å². The average molecular weight is 414 g/mol. The van der Waals surface area contributed by atoms with Crippen LogP contribution in [0.1, 0.15) is 24.0 Å². The van der Waals surface area contributed by atoms with E-state index in [1.165, 1.54) is 10.4 Å². The molecule has 1 amide bonds. The minimum atomic E-state index is -3.74. The van der Waals surface area contributed by atoms with Crippen molar-refractivity contribution in [1.29, 1.82) is 0 Å². The summed E-state index contributed by atoms with van der Waals surface area (Å²) in [5, 5.41) is 10.4. The van der Waals surface area contributed by atoms with Gasteiger partial charge in [-0.15, -0.1) is 0 Å². The van der Waals surface area contributed by atoms with Crippen LogP contribution < -0.4 is 5.32 Å². The van der Waals surface area contributed by atoms with Gasteiger partial charge in [-0.25, -0.2) is 13.0 Å². The molecule has 4 rings (SSSR count). The van der Waals surface area contributed by atoms with Gasteiger partial charge < -0.3 is 5.32 Å². The molecule has 1 N–H and O–H groups in total. The summed E-state index contributed by atoms with van der Waals surface area (Å²) in [6.45, 7) is 4.51. The molecule has 1 fully saturated rings. The van der Waals surface area contributed by atoms with E-state index in [4.69, 9.17) is 0 Å². The number of benzene rings is 2. The highest BCUT2D eigenvalue weighted by Crippen LogP contribution is 2.28. The molecule has 1 aromatic heterocycles. The van der Waals surface area contributed by atoms with E-state index in [1.807, 2.05) is 32.0 Å². The number of sulfonamides is 1. The van der Waals surface area contributed by atoms with Gasteiger partial charge in [-0.2, -0.15) is 4.31 Å². The van der Waals surface area contributed by atoms with E-state index in [9.17, 15) is 13.2 Å². The Kier molecular flexibility index (Phi) is 5.10. The first kappa shape index (κ1) is 19.5. The Bertz CT molecular complexity index is 1160. The van der Waals surface area contributed by atoms with Crippen molar-refractivity contribution in [3.63, 3.8) is 0 Å². The maximum atomic E-state index is 13.1. The normalized spacial score (nSPS) is 16.2. The van der Waals surface area contributed by atoms with Gasteiger partial charge in [0.05, 0.1) is 0 Å². The molecule has 8 nitrogen and oxygen atoms in total. The molecule has 0 aliphatic carbocycles. The highest BCUT2D eigenvalue weighted by Gasteiger charge is 2.33. The molecular formula is C20H22N4O4S. The topological polar surface area (TPSA) is 105 Å². The molecule has 0 bridgehead atoms. The Balaban J connectivity index is 1.45. The lowest BCUT2D eigenvalue weighted by Crippen LogP contribution is -2.41. The zero-order chi connectivity index (χ0) is 20.6. The van der Waals surface area contributed by atoms with Gasteiger partial charge in [-0.1, -0.05) is 23.8 Å². The van der Waals surface area contributed by atoms with Crippen molar-refractivity contribution in [2.45, 2.75) is 31.6 Å². The molecule has 0 unspecified atom stereocenters. The van der Waals surface area contributed by atoms with E-state index < -0.39 is 10.0 Å². The molecule has 9 heteroatoms. The summed E-state index contributed by atoms with van der Waals surface area (Å²) in [6, 6.07) is 10.6. The van der Waals surface area contributed by atoms with Crippen LogP contribution in [0.15, 0.2) is 45.9 Å². The van der Waals surface area contributed by atoms with Crippen molar-refractivity contribution in [2.24, 2.45) is 5.92 Å². The zero-order valence-electron chi connectivity index (χ0n) is 16.3. The molecule has 3 aromatic rings. The number of hydrogen-bond donors (Lipinski definition) is 1. The zero-order valence-corrected chi connectivity index (χ0v) is 17.1. The number of nitrogens with one attached hydrogen (secondary N) is 1. The summed E-state index contributed by atoms with van der Waals surface area (Å²) in [5.74, 6) is -0.302. The Morgan fingerprint density at radius 3 is 2.62 bits per heavy atom. The van der Waals surface area contributed by atoms with Crippen LogP contribution in [0.3, 0.4) is 0 Å². The van der Waals surface area contributed by atoms with Crippen LogP contribution in [0.4, 0.5) is 5.69 Å². The van der Waals surface area contributed by atoms with Crippen LogP contribution in [0.5, 0.6) is 0 Å². The second-order valence-corrected chi connectivity index (χ2v) is 9.28. The number of hydrogen-bond acceptors (Lipinski definition) is 6. The molecule has 1 saturated heterocycles. The summed E-state index contributed by atoms with van der Waals surface area (Å²) in [5.41, 5.74) is 3.56. The highest BCUT2D eigenvalue weighted by molar-refractivity contribution is 7.89. The number of nitrogens with zero attached hydrogens (tertiary/aromatic N) is 3. The van der Waals surface area contributed by atoms with Gasteiger partial charge in [0.2, 0.25) is 15.9 Å². The number of carbonyl (C=O) groups excluding carboxylic acids is 1. The summed E-state index contributed by atoms with van der Waals surface area (Å²) in [7, 11) is -3.74. The summed E-state index contributed by atoms with van der Waals surface area (Å²) >= 11 is 0. The van der Waals surface area contributed by atoms with Crippen molar-refractivity contribution in [2.75, 3.05) is 18.4 Å². The van der Waals surface area contributed by atoms with Gasteiger partial charge in [0, 0.05) is 24.7 Å². The van der Waals surface area contributed by atoms with Gasteiger partial charge in [-0.3, -0.25) is 4.79 Å². The number of fused-ring (bicyclic) bond motifs is 1. The quantitative estimate of drug-likeness (QED) is 0.704. The minimum absolute atomic E-state index is 0.0724. The maximum absolute atomic E-state index is 13.1. The standard InChI is InChI=1S/C20H22N4O4S/c1-13-6-7-16(14(2)12-13)21-20(25)15-8-10-24(11-9-15)29(26,27)18-5-3-4-17-19(18)23-28-22-17/h3-7,12,15H,8-11H2,1-2H3,(H,21,25). The van der Waals surface area contributed by atoms with Crippen LogP contribution in [0.2, 0.25) is 0 Å². The third kappa shape index (κ3) is 3.75. The lowest BCUT2D eigenvalue weighted by molar-refractivity contribution is -0.120. The van der Waals surface area contributed by atoms with Crippen molar-refractivity contribution in [3.8, 4) is 0 Å². The largest absolute Gasteiger partial charge is 0.326 e. The summed E-state index contributed by atoms with van der Waals surface area (Å²) in [4.78, 5) is 12.7. The molecule has 0 spiro atoms. The third-order valence-electron chi connectivity index (χ3n) is 5.33. The predicted octanol–water partition coefficient (Wildman–Crippen LogP) is 2.88. The van der Waals surface area contributed by atoms with Crippen molar-refractivity contribution in [3.05, 3.63) is 47.5 Å². The Hall–Kier alpha value is -2.78. The molecule has 0 saturated carbocycles. The first-order valence-corrected chi connectivity index (χ1v) is 10.9. The van der Waals surface area contributed by atoms with Crippen molar-refractivity contribution in [1.82, 2.24) is 14.6 Å². The fourth-order valence-electron chi connectivity index (χ4n) is 3.68. The molecular weight excluding hydrogens is 392 g/mol. The van der Waals surface area contributed by atoms with E-state index >= 15 is 0 Å².